The summed E-state index contributed by atoms with van der Waals surface area (Å²) in [6.45, 7) is 0. The van der Waals surface area contributed by atoms with Crippen LogP contribution in [0.25, 0.3) is 122 Å². The van der Waals surface area contributed by atoms with Crippen molar-refractivity contribution in [2.75, 3.05) is 0 Å². The normalized spacial score (nSPS) is 11.4. The second-order valence-corrected chi connectivity index (χ2v) is 16.5. The number of benzene rings is 11. The minimum atomic E-state index is 0.676. The van der Waals surface area contributed by atoms with E-state index in [4.69, 9.17) is 9.97 Å². The van der Waals surface area contributed by atoms with Gasteiger partial charge < -0.3 is 0 Å². The van der Waals surface area contributed by atoms with Gasteiger partial charge in [-0.2, -0.15) is 0 Å². The molecule has 2 heteroatoms. The number of aromatic nitrogens is 2. The summed E-state index contributed by atoms with van der Waals surface area (Å²) in [4.78, 5) is 10.9. The molecule has 298 valence electrons. The first-order valence-electron chi connectivity index (χ1n) is 21.9. The van der Waals surface area contributed by atoms with Crippen molar-refractivity contribution in [1.82, 2.24) is 9.97 Å². The zero-order valence-electron chi connectivity index (χ0n) is 35.0. The van der Waals surface area contributed by atoms with Crippen molar-refractivity contribution in [1.29, 1.82) is 0 Å². The van der Waals surface area contributed by atoms with Crippen LogP contribution in [0.2, 0.25) is 0 Å². The quantitative estimate of drug-likeness (QED) is 0.118. The third-order valence-corrected chi connectivity index (χ3v) is 12.6. The summed E-state index contributed by atoms with van der Waals surface area (Å²) in [5.41, 5.74) is 14.0. The molecule has 0 aliphatic heterocycles. The topological polar surface area (TPSA) is 25.8 Å². The molecule has 64 heavy (non-hydrogen) atoms. The average molecular weight is 813 g/mol. The molecule has 0 amide bonds. The summed E-state index contributed by atoms with van der Waals surface area (Å²) >= 11 is 0. The van der Waals surface area contributed by atoms with Gasteiger partial charge in [-0.1, -0.05) is 206 Å². The Hall–Kier alpha value is -8.46. The Bertz CT molecular complexity index is 3700. The molecule has 12 aromatic rings. The molecule has 12 rings (SSSR count). The van der Waals surface area contributed by atoms with Gasteiger partial charge in [0.1, 0.15) is 0 Å². The van der Waals surface area contributed by atoms with Crippen LogP contribution in [0.1, 0.15) is 0 Å². The van der Waals surface area contributed by atoms with Crippen molar-refractivity contribution in [2.24, 2.45) is 0 Å². The van der Waals surface area contributed by atoms with Crippen molar-refractivity contribution in [3.05, 3.63) is 243 Å². The zero-order valence-corrected chi connectivity index (χ0v) is 35.0. The predicted octanol–water partition coefficient (Wildman–Crippen LogP) is 16.8. The van der Waals surface area contributed by atoms with Gasteiger partial charge in [0.05, 0.1) is 11.4 Å². The van der Waals surface area contributed by atoms with E-state index in [0.717, 1.165) is 61.5 Å². The zero-order chi connectivity index (χ0) is 42.4. The SMILES string of the molecule is c1ccc(-c2ccc(-c3nc(-c4cc(-c5ccc6ccccc6c5)cc(-c5c6ccccc6cc6c5ccc5ccccc56)c4)cc(-c4ccccc4-c4ccccc4)n3)cc2)cc1. The summed E-state index contributed by atoms with van der Waals surface area (Å²) in [7, 11) is 0. The summed E-state index contributed by atoms with van der Waals surface area (Å²) in [5, 5.41) is 9.79. The Morgan fingerprint density at radius 2 is 0.766 bits per heavy atom. The van der Waals surface area contributed by atoms with Crippen molar-refractivity contribution in [3.8, 4) is 78.4 Å². The van der Waals surface area contributed by atoms with Gasteiger partial charge in [0.25, 0.3) is 0 Å². The van der Waals surface area contributed by atoms with Crippen LogP contribution in [0, 0.1) is 0 Å². The van der Waals surface area contributed by atoms with E-state index in [0.29, 0.717) is 5.82 Å². The van der Waals surface area contributed by atoms with Gasteiger partial charge in [0, 0.05) is 16.7 Å². The lowest BCUT2D eigenvalue weighted by molar-refractivity contribution is 1.18. The van der Waals surface area contributed by atoms with E-state index in [1.54, 1.807) is 0 Å². The van der Waals surface area contributed by atoms with Crippen LogP contribution in [0.4, 0.5) is 0 Å². The van der Waals surface area contributed by atoms with E-state index in [1.807, 2.05) is 0 Å². The Morgan fingerprint density at radius 1 is 0.219 bits per heavy atom. The van der Waals surface area contributed by atoms with Gasteiger partial charge in [-0.25, -0.2) is 9.97 Å². The van der Waals surface area contributed by atoms with Crippen LogP contribution in [-0.4, -0.2) is 9.97 Å². The van der Waals surface area contributed by atoms with Crippen LogP contribution >= 0.6 is 0 Å². The summed E-state index contributed by atoms with van der Waals surface area (Å²) in [5.74, 6) is 0.676. The van der Waals surface area contributed by atoms with Crippen molar-refractivity contribution in [2.45, 2.75) is 0 Å². The lowest BCUT2D eigenvalue weighted by Crippen LogP contribution is -1.98. The van der Waals surface area contributed by atoms with Gasteiger partial charge in [-0.15, -0.1) is 0 Å². The average Bonchev–Trinajstić information content (AvgIpc) is 3.38. The van der Waals surface area contributed by atoms with E-state index in [-0.39, 0.29) is 0 Å². The highest BCUT2D eigenvalue weighted by atomic mass is 14.9. The lowest BCUT2D eigenvalue weighted by atomic mass is 9.87. The number of fused-ring (bicyclic) bond motifs is 5. The minimum Gasteiger partial charge on any atom is -0.228 e. The summed E-state index contributed by atoms with van der Waals surface area (Å²) in [6, 6.07) is 87.4. The number of rotatable bonds is 7. The third-order valence-electron chi connectivity index (χ3n) is 12.6. The van der Waals surface area contributed by atoms with Crippen molar-refractivity contribution < 1.29 is 0 Å². The van der Waals surface area contributed by atoms with Gasteiger partial charge in [-0.05, 0) is 124 Å². The molecule has 11 aromatic carbocycles. The predicted molar refractivity (Wildman–Crippen MR) is 270 cm³/mol. The Labute approximate surface area is 372 Å². The maximum absolute atomic E-state index is 5.48. The second kappa shape index (κ2) is 15.8. The first-order chi connectivity index (χ1) is 31.7. The molecule has 0 spiro atoms. The molecule has 0 aliphatic rings. The molecule has 0 unspecified atom stereocenters. The Morgan fingerprint density at radius 3 is 1.56 bits per heavy atom. The van der Waals surface area contributed by atoms with E-state index >= 15 is 0 Å². The maximum atomic E-state index is 5.48. The molecular formula is C62H40N2. The second-order valence-electron chi connectivity index (χ2n) is 16.5. The number of nitrogens with zero attached hydrogens (tertiary/aromatic N) is 2. The molecule has 0 saturated carbocycles. The fraction of sp³-hybridized carbons (Fsp3) is 0. The summed E-state index contributed by atoms with van der Waals surface area (Å²) < 4.78 is 0. The highest BCUT2D eigenvalue weighted by molar-refractivity contribution is 6.20. The molecule has 0 atom stereocenters. The molecule has 1 aromatic heterocycles. The summed E-state index contributed by atoms with van der Waals surface area (Å²) in [6.07, 6.45) is 0. The van der Waals surface area contributed by atoms with E-state index in [2.05, 4.69) is 243 Å². The van der Waals surface area contributed by atoms with Gasteiger partial charge in [-0.3, -0.25) is 0 Å². The van der Waals surface area contributed by atoms with Crippen LogP contribution in [0.3, 0.4) is 0 Å². The van der Waals surface area contributed by atoms with Crippen LogP contribution < -0.4 is 0 Å². The Balaban J connectivity index is 1.13. The highest BCUT2D eigenvalue weighted by Gasteiger charge is 2.19. The molecule has 0 radical (unpaired) electrons. The molecule has 1 heterocycles. The standard InChI is InChI=1S/C62H40N2/c1-3-15-41(16-4-1)43-27-30-46(31-28-43)62-63-59(40-60(64-62)56-26-14-13-23-53(56)44-18-5-2-6-19-44)51-36-50(48-32-29-42-17-7-8-21-47(42)35-48)37-52(38-51)61-55-25-12-10-22-49(55)39-58-54-24-11-9-20-45(54)33-34-57(58)61/h1-40H. The molecule has 0 bridgehead atoms. The van der Waals surface area contributed by atoms with Crippen LogP contribution in [0.5, 0.6) is 0 Å². The Kier molecular flexibility index (Phi) is 9.20. The van der Waals surface area contributed by atoms with E-state index < -0.39 is 0 Å². The monoisotopic (exact) mass is 812 g/mol. The number of hydrogen-bond acceptors (Lipinski definition) is 2. The van der Waals surface area contributed by atoms with Crippen LogP contribution in [0.15, 0.2) is 243 Å². The van der Waals surface area contributed by atoms with Crippen molar-refractivity contribution >= 4 is 43.1 Å². The van der Waals surface area contributed by atoms with Gasteiger partial charge in [0.15, 0.2) is 5.82 Å². The van der Waals surface area contributed by atoms with Crippen LogP contribution in [-0.2, 0) is 0 Å². The molecule has 0 saturated heterocycles. The molecule has 0 aliphatic carbocycles. The molecular weight excluding hydrogens is 773 g/mol. The third kappa shape index (κ3) is 6.79. The van der Waals surface area contributed by atoms with Crippen molar-refractivity contribution in [3.63, 3.8) is 0 Å². The maximum Gasteiger partial charge on any atom is 0.160 e. The molecule has 0 fully saturated rings. The highest BCUT2D eigenvalue weighted by Crippen LogP contribution is 2.43. The smallest absolute Gasteiger partial charge is 0.160 e. The fourth-order valence-electron chi connectivity index (χ4n) is 9.47. The van der Waals surface area contributed by atoms with Gasteiger partial charge >= 0.3 is 0 Å². The van der Waals surface area contributed by atoms with E-state index in [1.165, 1.54) is 54.2 Å². The largest absolute Gasteiger partial charge is 0.228 e. The van der Waals surface area contributed by atoms with Gasteiger partial charge in [0.2, 0.25) is 0 Å². The molecule has 2 nitrogen and oxygen atoms in total. The first-order valence-corrected chi connectivity index (χ1v) is 21.9. The minimum absolute atomic E-state index is 0.676. The molecule has 0 N–H and O–H groups in total. The lowest BCUT2D eigenvalue weighted by Gasteiger charge is -2.17. The fourth-order valence-corrected chi connectivity index (χ4v) is 9.47. The first kappa shape index (κ1) is 37.3. The number of hydrogen-bond donors (Lipinski definition) is 0. The van der Waals surface area contributed by atoms with E-state index in [9.17, 15) is 0 Å².